The SMILES string of the molecule is Cc1ccc([N+](=O)[O-])cc1-c1ccc(/C=C(/C#N)C(=O)Nc2nnc(S(C)(=O)=O)s2)o1. The van der Waals surface area contributed by atoms with Gasteiger partial charge in [-0.15, -0.1) is 10.2 Å². The van der Waals surface area contributed by atoms with Crippen molar-refractivity contribution >= 4 is 44.0 Å². The third-order valence-corrected chi connectivity index (χ3v) is 6.43. The summed E-state index contributed by atoms with van der Waals surface area (Å²) in [6.07, 6.45) is 2.14. The van der Waals surface area contributed by atoms with Gasteiger partial charge in [0.25, 0.3) is 11.6 Å². The zero-order chi connectivity index (χ0) is 22.8. The molecule has 2 aromatic heterocycles. The average molecular weight is 459 g/mol. The van der Waals surface area contributed by atoms with Gasteiger partial charge in [0.2, 0.25) is 19.3 Å². The number of benzene rings is 1. The van der Waals surface area contributed by atoms with Gasteiger partial charge < -0.3 is 4.42 Å². The maximum Gasteiger partial charge on any atom is 0.270 e. The lowest BCUT2D eigenvalue weighted by atomic mass is 10.1. The first-order chi connectivity index (χ1) is 14.6. The number of carbonyl (C=O) groups is 1. The summed E-state index contributed by atoms with van der Waals surface area (Å²) in [5.41, 5.74) is 0.815. The summed E-state index contributed by atoms with van der Waals surface area (Å²) < 4.78 is 28.3. The first-order valence-electron chi connectivity index (χ1n) is 8.40. The predicted octanol–water partition coefficient (Wildman–Crippen LogP) is 2.96. The van der Waals surface area contributed by atoms with Crippen molar-refractivity contribution in [2.75, 3.05) is 11.6 Å². The van der Waals surface area contributed by atoms with Crippen LogP contribution in [0.5, 0.6) is 0 Å². The molecule has 31 heavy (non-hydrogen) atoms. The molecule has 0 bridgehead atoms. The summed E-state index contributed by atoms with van der Waals surface area (Å²) >= 11 is 0.652. The van der Waals surface area contributed by atoms with Crippen LogP contribution in [0.3, 0.4) is 0 Å². The summed E-state index contributed by atoms with van der Waals surface area (Å²) in [5, 5.41) is 29.6. The highest BCUT2D eigenvalue weighted by Crippen LogP contribution is 2.30. The average Bonchev–Trinajstić information content (AvgIpc) is 3.35. The molecule has 0 aliphatic heterocycles. The van der Waals surface area contributed by atoms with Crippen molar-refractivity contribution in [1.82, 2.24) is 10.2 Å². The van der Waals surface area contributed by atoms with Crippen molar-refractivity contribution < 1.29 is 22.6 Å². The molecule has 0 aliphatic rings. The van der Waals surface area contributed by atoms with Gasteiger partial charge in [-0.1, -0.05) is 17.4 Å². The van der Waals surface area contributed by atoms with Crippen molar-refractivity contribution in [3.63, 3.8) is 0 Å². The molecular formula is C18H13N5O6S2. The van der Waals surface area contributed by atoms with Crippen LogP contribution in [0.15, 0.2) is 44.7 Å². The molecule has 0 saturated carbocycles. The number of hydrogen-bond acceptors (Lipinski definition) is 10. The molecule has 0 unspecified atom stereocenters. The number of furan rings is 1. The Balaban J connectivity index is 1.84. The number of carbonyl (C=O) groups excluding carboxylic acids is 1. The van der Waals surface area contributed by atoms with Crippen molar-refractivity contribution in [2.45, 2.75) is 11.3 Å². The number of sulfone groups is 1. The quantitative estimate of drug-likeness (QED) is 0.191. The number of nitriles is 1. The second-order valence-electron chi connectivity index (χ2n) is 6.23. The Morgan fingerprint density at radius 1 is 1.32 bits per heavy atom. The van der Waals surface area contributed by atoms with Crippen molar-refractivity contribution in [1.29, 1.82) is 5.26 Å². The molecule has 1 aromatic carbocycles. The first-order valence-corrected chi connectivity index (χ1v) is 11.1. The number of aromatic nitrogens is 2. The number of aryl methyl sites for hydroxylation is 1. The zero-order valence-electron chi connectivity index (χ0n) is 16.0. The van der Waals surface area contributed by atoms with E-state index in [2.05, 4.69) is 15.5 Å². The fraction of sp³-hybridized carbons (Fsp3) is 0.111. The lowest BCUT2D eigenvalue weighted by molar-refractivity contribution is -0.384. The molecule has 11 nitrogen and oxygen atoms in total. The summed E-state index contributed by atoms with van der Waals surface area (Å²) in [4.78, 5) is 22.8. The number of non-ortho nitro benzene ring substituents is 1. The van der Waals surface area contributed by atoms with Crippen LogP contribution in [0.2, 0.25) is 0 Å². The lowest BCUT2D eigenvalue weighted by Gasteiger charge is -2.02. The highest BCUT2D eigenvalue weighted by atomic mass is 32.2. The van der Waals surface area contributed by atoms with E-state index >= 15 is 0 Å². The van der Waals surface area contributed by atoms with Crippen LogP contribution in [0, 0.1) is 28.4 Å². The number of anilines is 1. The molecule has 3 rings (SSSR count). The molecule has 3 aromatic rings. The number of nitrogens with zero attached hydrogens (tertiary/aromatic N) is 4. The van der Waals surface area contributed by atoms with Crippen molar-refractivity contribution in [3.05, 3.63) is 57.3 Å². The van der Waals surface area contributed by atoms with Gasteiger partial charge in [0.15, 0.2) is 0 Å². The fourth-order valence-corrected chi connectivity index (χ4v) is 3.93. The maximum absolute atomic E-state index is 12.3. The Bertz CT molecular complexity index is 1360. The smallest absolute Gasteiger partial charge is 0.270 e. The first kappa shape index (κ1) is 21.8. The van der Waals surface area contributed by atoms with Crippen LogP contribution in [0.4, 0.5) is 10.8 Å². The minimum absolute atomic E-state index is 0.0843. The van der Waals surface area contributed by atoms with E-state index in [0.29, 0.717) is 22.7 Å². The van der Waals surface area contributed by atoms with Crippen LogP contribution in [-0.4, -0.2) is 35.7 Å². The van der Waals surface area contributed by atoms with Crippen LogP contribution >= 0.6 is 11.3 Å². The second kappa shape index (κ2) is 8.46. The van der Waals surface area contributed by atoms with Gasteiger partial charge in [0.05, 0.1) is 4.92 Å². The highest BCUT2D eigenvalue weighted by molar-refractivity contribution is 7.92. The molecule has 0 radical (unpaired) electrons. The second-order valence-corrected chi connectivity index (χ2v) is 9.39. The number of nitrogens with one attached hydrogen (secondary N) is 1. The van der Waals surface area contributed by atoms with Crippen LogP contribution < -0.4 is 5.32 Å². The summed E-state index contributed by atoms with van der Waals surface area (Å²) in [6.45, 7) is 1.76. The van der Waals surface area contributed by atoms with Crippen LogP contribution in [-0.2, 0) is 14.6 Å². The van der Waals surface area contributed by atoms with E-state index in [1.54, 1.807) is 25.1 Å². The van der Waals surface area contributed by atoms with Crippen LogP contribution in [0.1, 0.15) is 11.3 Å². The standard InChI is InChI=1S/C18H13N5O6S2/c1-10-3-4-12(23(25)26)8-14(10)15-6-5-13(29-15)7-11(9-19)16(24)20-17-21-22-18(30-17)31(2,27)28/h3-8H,1-2H3,(H,20,21,24)/b11-7-. The topological polar surface area (TPSA) is 169 Å². The van der Waals surface area contributed by atoms with Gasteiger partial charge in [0, 0.05) is 30.0 Å². The monoisotopic (exact) mass is 459 g/mol. The normalized spacial score (nSPS) is 11.7. The Labute approximate surface area is 179 Å². The minimum atomic E-state index is -3.57. The molecule has 0 spiro atoms. The number of rotatable bonds is 6. The molecule has 2 heterocycles. The number of nitro benzene ring substituents is 1. The Morgan fingerprint density at radius 2 is 2.06 bits per heavy atom. The summed E-state index contributed by atoms with van der Waals surface area (Å²) in [7, 11) is -3.57. The molecule has 158 valence electrons. The lowest BCUT2D eigenvalue weighted by Crippen LogP contribution is -2.13. The zero-order valence-corrected chi connectivity index (χ0v) is 17.7. The third kappa shape index (κ3) is 5.00. The number of amides is 1. The molecule has 13 heteroatoms. The van der Waals surface area contributed by atoms with E-state index in [4.69, 9.17) is 4.42 Å². The largest absolute Gasteiger partial charge is 0.457 e. The molecule has 0 aliphatic carbocycles. The minimum Gasteiger partial charge on any atom is -0.457 e. The molecule has 0 fully saturated rings. The Kier molecular flexibility index (Phi) is 5.95. The summed E-state index contributed by atoms with van der Waals surface area (Å²) in [5.74, 6) is -0.336. The van der Waals surface area contributed by atoms with Crippen molar-refractivity contribution in [3.8, 4) is 17.4 Å². The van der Waals surface area contributed by atoms with Gasteiger partial charge in [-0.2, -0.15) is 5.26 Å². The molecule has 1 N–H and O–H groups in total. The van der Waals surface area contributed by atoms with E-state index in [1.807, 2.05) is 0 Å². The van der Waals surface area contributed by atoms with E-state index in [9.17, 15) is 28.6 Å². The van der Waals surface area contributed by atoms with Gasteiger partial charge in [-0.25, -0.2) is 8.42 Å². The predicted molar refractivity (Wildman–Crippen MR) is 111 cm³/mol. The van der Waals surface area contributed by atoms with Gasteiger partial charge in [0.1, 0.15) is 23.2 Å². The Hall–Kier alpha value is -3.89. The van der Waals surface area contributed by atoms with Gasteiger partial charge in [-0.3, -0.25) is 20.2 Å². The van der Waals surface area contributed by atoms with Gasteiger partial charge >= 0.3 is 0 Å². The molecule has 0 atom stereocenters. The number of nitro groups is 1. The van der Waals surface area contributed by atoms with Gasteiger partial charge in [-0.05, 0) is 24.6 Å². The van der Waals surface area contributed by atoms with E-state index in [0.717, 1.165) is 11.8 Å². The van der Waals surface area contributed by atoms with E-state index in [1.165, 1.54) is 24.3 Å². The highest BCUT2D eigenvalue weighted by Gasteiger charge is 2.18. The van der Waals surface area contributed by atoms with Crippen LogP contribution in [0.25, 0.3) is 17.4 Å². The van der Waals surface area contributed by atoms with E-state index in [-0.39, 0.29) is 26.5 Å². The number of hydrogen-bond donors (Lipinski definition) is 1. The van der Waals surface area contributed by atoms with E-state index < -0.39 is 20.7 Å². The third-order valence-electron chi connectivity index (χ3n) is 3.92. The summed E-state index contributed by atoms with van der Waals surface area (Å²) in [6, 6.07) is 9.14. The molecule has 1 amide bonds. The molecule has 0 saturated heterocycles. The maximum atomic E-state index is 12.3. The molecular weight excluding hydrogens is 446 g/mol. The van der Waals surface area contributed by atoms with Crippen molar-refractivity contribution in [2.24, 2.45) is 0 Å². The Morgan fingerprint density at radius 3 is 2.68 bits per heavy atom. The fourth-order valence-electron chi connectivity index (χ4n) is 2.43.